The fourth-order valence-electron chi connectivity index (χ4n) is 0.926. The number of nitrogens with zero attached hydrogens (tertiary/aromatic N) is 2. The highest BCUT2D eigenvalue weighted by Crippen LogP contribution is 2.21. The normalized spacial score (nSPS) is 12.3. The average Bonchev–Trinajstić information content (AvgIpc) is 2.27. The molecule has 0 aliphatic rings. The molecule has 0 amide bonds. The molecule has 0 saturated heterocycles. The lowest BCUT2D eigenvalue weighted by Crippen LogP contribution is -2.15. The molecular weight excluding hydrogens is 281 g/mol. The predicted octanol–water partition coefficient (Wildman–Crippen LogP) is 2.68. The van der Waals surface area contributed by atoms with E-state index in [9.17, 15) is 0 Å². The average molecular weight is 295 g/mol. The maximum Gasteiger partial charge on any atom is 0.232 e. The first kappa shape index (κ1) is 12.5. The van der Waals surface area contributed by atoms with Crippen molar-refractivity contribution in [3.05, 3.63) is 10.7 Å². The predicted molar refractivity (Wildman–Crippen MR) is 64.7 cm³/mol. The van der Waals surface area contributed by atoms with Gasteiger partial charge in [-0.1, -0.05) is 6.92 Å². The second-order valence-corrected chi connectivity index (χ2v) is 4.41. The molecule has 0 aliphatic heterocycles. The molecule has 0 bridgehead atoms. The van der Waals surface area contributed by atoms with Crippen LogP contribution < -0.4 is 10.1 Å². The van der Waals surface area contributed by atoms with Gasteiger partial charge in [0.1, 0.15) is 0 Å². The fourth-order valence-corrected chi connectivity index (χ4v) is 1.36. The number of ether oxygens (including phenoxy) is 1. The van der Waals surface area contributed by atoms with Gasteiger partial charge in [0.05, 0.1) is 23.2 Å². The number of halogens is 2. The van der Waals surface area contributed by atoms with Gasteiger partial charge < -0.3 is 10.1 Å². The van der Waals surface area contributed by atoms with Gasteiger partial charge in [-0.25, -0.2) is 4.98 Å². The first-order valence-corrected chi connectivity index (χ1v) is 5.84. The highest BCUT2D eigenvalue weighted by Gasteiger charge is 2.06. The second kappa shape index (κ2) is 6.12. The van der Waals surface area contributed by atoms with E-state index in [2.05, 4.69) is 31.2 Å². The van der Waals surface area contributed by atoms with Gasteiger partial charge in [-0.3, -0.25) is 0 Å². The van der Waals surface area contributed by atoms with Crippen LogP contribution >= 0.6 is 27.5 Å². The molecule has 0 radical (unpaired) electrons. The van der Waals surface area contributed by atoms with Crippen LogP contribution in [0.25, 0.3) is 0 Å². The molecule has 4 nitrogen and oxygen atoms in total. The third-order valence-corrected chi connectivity index (χ3v) is 2.84. The number of alkyl halides is 1. The minimum Gasteiger partial charge on any atom is -0.480 e. The molecule has 15 heavy (non-hydrogen) atoms. The van der Waals surface area contributed by atoms with Crippen molar-refractivity contribution in [3.8, 4) is 5.88 Å². The Labute approximate surface area is 103 Å². The molecule has 1 heterocycles. The van der Waals surface area contributed by atoms with Crippen molar-refractivity contribution >= 4 is 33.5 Å². The Morgan fingerprint density at radius 3 is 3.00 bits per heavy atom. The van der Waals surface area contributed by atoms with Crippen LogP contribution in [0.2, 0.25) is 0 Å². The Morgan fingerprint density at radius 1 is 1.67 bits per heavy atom. The summed E-state index contributed by atoms with van der Waals surface area (Å²) < 4.78 is 5.78. The van der Waals surface area contributed by atoms with Crippen molar-refractivity contribution < 1.29 is 4.74 Å². The van der Waals surface area contributed by atoms with Crippen molar-refractivity contribution in [1.29, 1.82) is 0 Å². The van der Waals surface area contributed by atoms with E-state index in [-0.39, 0.29) is 5.38 Å². The van der Waals surface area contributed by atoms with Gasteiger partial charge in [0, 0.05) is 6.54 Å². The van der Waals surface area contributed by atoms with Crippen molar-refractivity contribution in [2.45, 2.75) is 18.7 Å². The smallest absolute Gasteiger partial charge is 0.232 e. The molecule has 1 rings (SSSR count). The zero-order valence-corrected chi connectivity index (χ0v) is 11.0. The van der Waals surface area contributed by atoms with Gasteiger partial charge >= 0.3 is 0 Å². The topological polar surface area (TPSA) is 47.0 Å². The Bertz CT molecular complexity index is 324. The summed E-state index contributed by atoms with van der Waals surface area (Å²) in [7, 11) is 1.56. The summed E-state index contributed by atoms with van der Waals surface area (Å²) in [5, 5.41) is 3.13. The first-order valence-electron chi connectivity index (χ1n) is 4.61. The molecule has 0 aromatic carbocycles. The zero-order valence-electron chi connectivity index (χ0n) is 8.63. The van der Waals surface area contributed by atoms with Crippen LogP contribution in [-0.4, -0.2) is 29.0 Å². The van der Waals surface area contributed by atoms with E-state index in [1.165, 1.54) is 0 Å². The largest absolute Gasteiger partial charge is 0.480 e. The molecule has 0 spiro atoms. The summed E-state index contributed by atoms with van der Waals surface area (Å²) in [6.07, 6.45) is 2.55. The van der Waals surface area contributed by atoms with Gasteiger partial charge in [-0.05, 0) is 22.4 Å². The van der Waals surface area contributed by atoms with E-state index < -0.39 is 0 Å². The van der Waals surface area contributed by atoms with E-state index >= 15 is 0 Å². The van der Waals surface area contributed by atoms with E-state index in [0.29, 0.717) is 18.4 Å². The quantitative estimate of drug-likeness (QED) is 0.848. The maximum absolute atomic E-state index is 5.96. The number of anilines is 1. The summed E-state index contributed by atoms with van der Waals surface area (Å²) in [5.41, 5.74) is 0. The van der Waals surface area contributed by atoms with Crippen LogP contribution in [0.4, 0.5) is 5.95 Å². The van der Waals surface area contributed by atoms with Crippen molar-refractivity contribution in [2.24, 2.45) is 0 Å². The van der Waals surface area contributed by atoms with Crippen LogP contribution in [0.5, 0.6) is 5.88 Å². The molecule has 0 fully saturated rings. The molecule has 1 aromatic heterocycles. The van der Waals surface area contributed by atoms with Crippen molar-refractivity contribution in [3.63, 3.8) is 0 Å². The van der Waals surface area contributed by atoms with Crippen LogP contribution in [0.15, 0.2) is 10.7 Å². The molecule has 1 aromatic rings. The Kier molecular flexibility index (Phi) is 5.11. The summed E-state index contributed by atoms with van der Waals surface area (Å²) in [4.78, 5) is 8.23. The van der Waals surface area contributed by atoms with Crippen LogP contribution in [0, 0.1) is 0 Å². The Morgan fingerprint density at radius 2 is 2.40 bits per heavy atom. The standard InChI is InChI=1S/C9H13BrClN3O/c1-3-6(11)4-12-9-13-5-7(10)8(14-9)15-2/h5-6H,3-4H2,1-2H3,(H,12,13,14). The molecular formula is C9H13BrClN3O. The minimum absolute atomic E-state index is 0.0863. The van der Waals surface area contributed by atoms with Gasteiger partial charge in [0.2, 0.25) is 11.8 Å². The third-order valence-electron chi connectivity index (χ3n) is 1.83. The van der Waals surface area contributed by atoms with Gasteiger partial charge in [-0.2, -0.15) is 4.98 Å². The van der Waals surface area contributed by atoms with Gasteiger partial charge in [0.15, 0.2) is 0 Å². The lowest BCUT2D eigenvalue weighted by atomic mass is 10.3. The van der Waals surface area contributed by atoms with Gasteiger partial charge in [0.25, 0.3) is 0 Å². The lowest BCUT2D eigenvalue weighted by molar-refractivity contribution is 0.394. The van der Waals surface area contributed by atoms with E-state index in [0.717, 1.165) is 10.9 Å². The second-order valence-electron chi connectivity index (χ2n) is 2.94. The molecule has 84 valence electrons. The number of methoxy groups -OCH3 is 1. The Hall–Kier alpha value is -0.550. The molecule has 0 saturated carbocycles. The van der Waals surface area contributed by atoms with Gasteiger partial charge in [-0.15, -0.1) is 11.6 Å². The first-order chi connectivity index (χ1) is 7.17. The van der Waals surface area contributed by atoms with E-state index in [1.54, 1.807) is 13.3 Å². The molecule has 0 aliphatic carbocycles. The van der Waals surface area contributed by atoms with Crippen molar-refractivity contribution in [1.82, 2.24) is 9.97 Å². The number of hydrogen-bond acceptors (Lipinski definition) is 4. The van der Waals surface area contributed by atoms with Crippen molar-refractivity contribution in [2.75, 3.05) is 19.0 Å². The van der Waals surface area contributed by atoms with E-state index in [4.69, 9.17) is 16.3 Å². The summed E-state index contributed by atoms with van der Waals surface area (Å²) >= 11 is 9.24. The number of aromatic nitrogens is 2. The third kappa shape index (κ3) is 3.83. The molecule has 6 heteroatoms. The summed E-state index contributed by atoms with van der Waals surface area (Å²) in [6.45, 7) is 2.67. The maximum atomic E-state index is 5.96. The monoisotopic (exact) mass is 293 g/mol. The SMILES string of the molecule is CCC(Cl)CNc1ncc(Br)c(OC)n1. The summed E-state index contributed by atoms with van der Waals surface area (Å²) in [5.74, 6) is 1.03. The number of hydrogen-bond donors (Lipinski definition) is 1. The molecule has 1 atom stereocenters. The highest BCUT2D eigenvalue weighted by atomic mass is 79.9. The van der Waals surface area contributed by atoms with Crippen LogP contribution in [0.1, 0.15) is 13.3 Å². The lowest BCUT2D eigenvalue weighted by Gasteiger charge is -2.09. The molecule has 1 N–H and O–H groups in total. The number of nitrogens with one attached hydrogen (secondary N) is 1. The Balaban J connectivity index is 2.62. The molecule has 1 unspecified atom stereocenters. The van der Waals surface area contributed by atoms with Crippen LogP contribution in [0.3, 0.4) is 0 Å². The van der Waals surface area contributed by atoms with Crippen LogP contribution in [-0.2, 0) is 0 Å². The minimum atomic E-state index is 0.0863. The van der Waals surface area contributed by atoms with E-state index in [1.807, 2.05) is 6.92 Å². The highest BCUT2D eigenvalue weighted by molar-refractivity contribution is 9.10. The summed E-state index contributed by atoms with van der Waals surface area (Å²) in [6, 6.07) is 0. The number of rotatable bonds is 5. The zero-order chi connectivity index (χ0) is 11.3. The fraction of sp³-hybridized carbons (Fsp3) is 0.556.